The maximum atomic E-state index is 13.0. The molecule has 2 aromatic rings. The monoisotopic (exact) mass is 409 g/mol. The Bertz CT molecular complexity index is 872. The van der Waals surface area contributed by atoms with Crippen molar-refractivity contribution in [1.29, 1.82) is 0 Å². The number of carbonyl (C=O) groups excluding carboxylic acids is 2. The van der Waals surface area contributed by atoms with Crippen LogP contribution >= 0.6 is 0 Å². The molecule has 0 radical (unpaired) electrons. The summed E-state index contributed by atoms with van der Waals surface area (Å²) in [5.74, 6) is 0.635. The average molecular weight is 410 g/mol. The summed E-state index contributed by atoms with van der Waals surface area (Å²) in [6.45, 7) is 10.2. The zero-order valence-electron chi connectivity index (χ0n) is 18.2. The number of carbonyl (C=O) groups is 2. The van der Waals surface area contributed by atoms with E-state index in [9.17, 15) is 9.59 Å². The normalized spacial score (nSPS) is 14.6. The van der Waals surface area contributed by atoms with E-state index in [0.29, 0.717) is 18.8 Å². The summed E-state index contributed by atoms with van der Waals surface area (Å²) in [6.07, 6.45) is 0. The SMILES string of the molecule is CC(C)C(=O)N1CCN(c2ccccc2NC(=O)C(C)(C)Oc2ccccc2)CC1. The lowest BCUT2D eigenvalue weighted by Gasteiger charge is -2.37. The molecule has 3 rings (SSSR count). The minimum Gasteiger partial charge on any atom is -0.478 e. The van der Waals surface area contributed by atoms with Gasteiger partial charge in [-0.2, -0.15) is 0 Å². The van der Waals surface area contributed by atoms with Crippen molar-refractivity contribution in [3.8, 4) is 5.75 Å². The summed E-state index contributed by atoms with van der Waals surface area (Å²) in [4.78, 5) is 29.4. The molecule has 1 fully saturated rings. The number of amides is 2. The first-order chi connectivity index (χ1) is 14.3. The molecule has 0 unspecified atom stereocenters. The molecule has 0 aliphatic carbocycles. The first-order valence-corrected chi connectivity index (χ1v) is 10.5. The van der Waals surface area contributed by atoms with Crippen molar-refractivity contribution in [1.82, 2.24) is 4.90 Å². The highest BCUT2D eigenvalue weighted by molar-refractivity contribution is 5.99. The highest BCUT2D eigenvalue weighted by Gasteiger charge is 2.31. The highest BCUT2D eigenvalue weighted by atomic mass is 16.5. The number of piperazine rings is 1. The Morgan fingerprint density at radius 1 is 0.933 bits per heavy atom. The van der Waals surface area contributed by atoms with Gasteiger partial charge in [-0.15, -0.1) is 0 Å². The third kappa shape index (κ3) is 5.12. The Morgan fingerprint density at radius 2 is 1.53 bits per heavy atom. The van der Waals surface area contributed by atoms with Gasteiger partial charge in [0, 0.05) is 32.1 Å². The van der Waals surface area contributed by atoms with Crippen LogP contribution in [0.25, 0.3) is 0 Å². The second-order valence-electron chi connectivity index (χ2n) is 8.36. The van der Waals surface area contributed by atoms with Crippen molar-refractivity contribution in [2.75, 3.05) is 36.4 Å². The zero-order chi connectivity index (χ0) is 21.7. The maximum absolute atomic E-state index is 13.0. The van der Waals surface area contributed by atoms with Gasteiger partial charge in [-0.1, -0.05) is 44.2 Å². The third-order valence-electron chi connectivity index (χ3n) is 5.24. The van der Waals surface area contributed by atoms with E-state index < -0.39 is 5.60 Å². The standard InChI is InChI=1S/C24H31N3O3/c1-18(2)22(28)27-16-14-26(15-17-27)21-13-9-8-12-20(21)25-23(29)24(3,4)30-19-10-6-5-7-11-19/h5-13,18H,14-17H2,1-4H3,(H,25,29). The van der Waals surface area contributed by atoms with Crippen LogP contribution in [0.15, 0.2) is 54.6 Å². The molecular weight excluding hydrogens is 378 g/mol. The zero-order valence-corrected chi connectivity index (χ0v) is 18.2. The number of hydrogen-bond donors (Lipinski definition) is 1. The van der Waals surface area contributed by atoms with Crippen molar-refractivity contribution in [2.45, 2.75) is 33.3 Å². The Labute approximate surface area is 178 Å². The third-order valence-corrected chi connectivity index (χ3v) is 5.24. The molecule has 6 nitrogen and oxygen atoms in total. The van der Waals surface area contributed by atoms with Crippen LogP contribution in [0.5, 0.6) is 5.75 Å². The molecule has 1 N–H and O–H groups in total. The van der Waals surface area contributed by atoms with E-state index in [1.54, 1.807) is 13.8 Å². The number of anilines is 2. The summed E-state index contributed by atoms with van der Waals surface area (Å²) < 4.78 is 5.91. The van der Waals surface area contributed by atoms with E-state index >= 15 is 0 Å². The molecule has 0 bridgehead atoms. The van der Waals surface area contributed by atoms with E-state index in [1.165, 1.54) is 0 Å². The number of rotatable bonds is 6. The Kier molecular flexibility index (Phi) is 6.65. The van der Waals surface area contributed by atoms with Crippen LogP contribution in [-0.4, -0.2) is 48.5 Å². The first kappa shape index (κ1) is 21.7. The molecule has 30 heavy (non-hydrogen) atoms. The lowest BCUT2D eigenvalue weighted by atomic mass is 10.1. The Morgan fingerprint density at radius 3 is 2.17 bits per heavy atom. The lowest BCUT2D eigenvalue weighted by Crippen LogP contribution is -2.50. The molecule has 0 aromatic heterocycles. The molecule has 1 aliphatic rings. The molecule has 2 aromatic carbocycles. The summed E-state index contributed by atoms with van der Waals surface area (Å²) in [6, 6.07) is 17.1. The van der Waals surface area contributed by atoms with E-state index in [2.05, 4.69) is 10.2 Å². The molecule has 0 atom stereocenters. The quantitative estimate of drug-likeness (QED) is 0.789. The second-order valence-corrected chi connectivity index (χ2v) is 8.36. The van der Waals surface area contributed by atoms with E-state index in [-0.39, 0.29) is 17.7 Å². The summed E-state index contributed by atoms with van der Waals surface area (Å²) in [5.41, 5.74) is 0.672. The van der Waals surface area contributed by atoms with Crippen molar-refractivity contribution in [3.05, 3.63) is 54.6 Å². The topological polar surface area (TPSA) is 61.9 Å². The fourth-order valence-electron chi connectivity index (χ4n) is 3.49. The molecule has 0 saturated carbocycles. The van der Waals surface area contributed by atoms with Gasteiger partial charge < -0.3 is 19.9 Å². The van der Waals surface area contributed by atoms with Gasteiger partial charge in [-0.25, -0.2) is 0 Å². The van der Waals surface area contributed by atoms with Gasteiger partial charge in [-0.3, -0.25) is 9.59 Å². The molecule has 1 aliphatic heterocycles. The average Bonchev–Trinajstić information content (AvgIpc) is 2.74. The molecule has 6 heteroatoms. The van der Waals surface area contributed by atoms with E-state index in [0.717, 1.165) is 24.5 Å². The molecule has 1 saturated heterocycles. The number of benzene rings is 2. The number of hydrogen-bond acceptors (Lipinski definition) is 4. The number of para-hydroxylation sites is 3. The summed E-state index contributed by atoms with van der Waals surface area (Å²) in [7, 11) is 0. The Hall–Kier alpha value is -3.02. The van der Waals surface area contributed by atoms with Gasteiger partial charge in [0.25, 0.3) is 5.91 Å². The Balaban J connectivity index is 1.68. The molecule has 1 heterocycles. The smallest absolute Gasteiger partial charge is 0.268 e. The van der Waals surface area contributed by atoms with Gasteiger partial charge in [-0.05, 0) is 38.1 Å². The van der Waals surface area contributed by atoms with Crippen LogP contribution < -0.4 is 15.0 Å². The minimum atomic E-state index is -1.03. The van der Waals surface area contributed by atoms with Gasteiger partial charge in [0.1, 0.15) is 5.75 Å². The molecule has 2 amide bonds. The highest BCUT2D eigenvalue weighted by Crippen LogP contribution is 2.28. The first-order valence-electron chi connectivity index (χ1n) is 10.5. The molecular formula is C24H31N3O3. The predicted octanol–water partition coefficient (Wildman–Crippen LogP) is 3.79. The van der Waals surface area contributed by atoms with Crippen LogP contribution in [0.4, 0.5) is 11.4 Å². The van der Waals surface area contributed by atoms with Crippen LogP contribution in [0.3, 0.4) is 0 Å². The number of ether oxygens (including phenoxy) is 1. The van der Waals surface area contributed by atoms with Crippen molar-refractivity contribution >= 4 is 23.2 Å². The maximum Gasteiger partial charge on any atom is 0.268 e. The van der Waals surface area contributed by atoms with Crippen LogP contribution in [-0.2, 0) is 9.59 Å². The summed E-state index contributed by atoms with van der Waals surface area (Å²) >= 11 is 0. The molecule has 0 spiro atoms. The van der Waals surface area contributed by atoms with Gasteiger partial charge in [0.05, 0.1) is 11.4 Å². The largest absolute Gasteiger partial charge is 0.478 e. The van der Waals surface area contributed by atoms with Crippen molar-refractivity contribution in [2.24, 2.45) is 5.92 Å². The van der Waals surface area contributed by atoms with Gasteiger partial charge in [0.15, 0.2) is 5.60 Å². The van der Waals surface area contributed by atoms with E-state index in [4.69, 9.17) is 4.74 Å². The summed E-state index contributed by atoms with van der Waals surface area (Å²) in [5, 5.41) is 3.03. The lowest BCUT2D eigenvalue weighted by molar-refractivity contribution is -0.134. The fraction of sp³-hybridized carbons (Fsp3) is 0.417. The number of nitrogens with zero attached hydrogens (tertiary/aromatic N) is 2. The van der Waals surface area contributed by atoms with Crippen molar-refractivity contribution in [3.63, 3.8) is 0 Å². The van der Waals surface area contributed by atoms with Crippen LogP contribution in [0.1, 0.15) is 27.7 Å². The van der Waals surface area contributed by atoms with Crippen molar-refractivity contribution < 1.29 is 14.3 Å². The minimum absolute atomic E-state index is 0.00923. The van der Waals surface area contributed by atoms with Gasteiger partial charge in [0.2, 0.25) is 5.91 Å². The van der Waals surface area contributed by atoms with Gasteiger partial charge >= 0.3 is 0 Å². The van der Waals surface area contributed by atoms with Crippen LogP contribution in [0.2, 0.25) is 0 Å². The van der Waals surface area contributed by atoms with E-state index in [1.807, 2.05) is 73.3 Å². The van der Waals surface area contributed by atoms with Crippen LogP contribution in [0, 0.1) is 5.92 Å². The predicted molar refractivity (Wildman–Crippen MR) is 120 cm³/mol. The number of nitrogens with one attached hydrogen (secondary N) is 1. The fourth-order valence-corrected chi connectivity index (χ4v) is 3.49. The molecule has 160 valence electrons. The second kappa shape index (κ2) is 9.20.